The van der Waals surface area contributed by atoms with Gasteiger partial charge in [0.15, 0.2) is 0 Å². The molecule has 0 radical (unpaired) electrons. The van der Waals surface area contributed by atoms with Crippen LogP contribution in [0.1, 0.15) is 17.2 Å². The molecule has 0 spiro atoms. The van der Waals surface area contributed by atoms with Crippen LogP contribution in [0.4, 0.5) is 8.78 Å². The van der Waals surface area contributed by atoms with Gasteiger partial charge in [-0.05, 0) is 36.2 Å². The molecular formula is C17H14F2N2. The van der Waals surface area contributed by atoms with E-state index in [1.807, 2.05) is 30.3 Å². The van der Waals surface area contributed by atoms with Gasteiger partial charge in [-0.2, -0.15) is 0 Å². The zero-order valence-electron chi connectivity index (χ0n) is 11.3. The molecule has 0 aliphatic carbocycles. The Kier molecular flexibility index (Phi) is 3.62. The highest BCUT2D eigenvalue weighted by Crippen LogP contribution is 2.25. The van der Waals surface area contributed by atoms with Crippen molar-refractivity contribution in [1.82, 2.24) is 4.98 Å². The third-order valence-electron chi connectivity index (χ3n) is 3.56. The van der Waals surface area contributed by atoms with Crippen molar-refractivity contribution in [2.75, 3.05) is 0 Å². The Morgan fingerprint density at radius 2 is 1.67 bits per heavy atom. The molecule has 0 aliphatic heterocycles. The standard InChI is InChI=1S/C17H14F2N2/c18-14-6-2-7-15(19)13(14)10-16(20)11-4-1-8-17-12(11)5-3-9-21-17/h1-9,16H,10,20H2. The van der Waals surface area contributed by atoms with Gasteiger partial charge in [-0.25, -0.2) is 8.78 Å². The number of hydrogen-bond acceptors (Lipinski definition) is 2. The molecule has 1 atom stereocenters. The summed E-state index contributed by atoms with van der Waals surface area (Å²) in [5, 5.41) is 0.907. The van der Waals surface area contributed by atoms with E-state index in [2.05, 4.69) is 4.98 Å². The average molecular weight is 284 g/mol. The highest BCUT2D eigenvalue weighted by Gasteiger charge is 2.16. The third kappa shape index (κ3) is 2.62. The molecule has 1 heterocycles. The Labute approximate surface area is 121 Å². The lowest BCUT2D eigenvalue weighted by molar-refractivity contribution is 0.540. The second kappa shape index (κ2) is 5.58. The fourth-order valence-corrected chi connectivity index (χ4v) is 2.51. The minimum Gasteiger partial charge on any atom is -0.324 e. The number of nitrogens with two attached hydrogens (primary N) is 1. The van der Waals surface area contributed by atoms with Gasteiger partial charge in [0, 0.05) is 23.2 Å². The summed E-state index contributed by atoms with van der Waals surface area (Å²) in [6.45, 7) is 0. The molecule has 0 saturated carbocycles. The molecule has 2 aromatic carbocycles. The molecule has 106 valence electrons. The molecule has 3 aromatic rings. The minimum absolute atomic E-state index is 0.0193. The van der Waals surface area contributed by atoms with Crippen LogP contribution >= 0.6 is 0 Å². The lowest BCUT2D eigenvalue weighted by atomic mass is 9.96. The summed E-state index contributed by atoms with van der Waals surface area (Å²) < 4.78 is 27.5. The summed E-state index contributed by atoms with van der Waals surface area (Å²) in [7, 11) is 0. The number of aromatic nitrogens is 1. The van der Waals surface area contributed by atoms with Gasteiger partial charge in [0.05, 0.1) is 5.52 Å². The van der Waals surface area contributed by atoms with Gasteiger partial charge < -0.3 is 5.73 Å². The number of pyridine rings is 1. The minimum atomic E-state index is -0.566. The van der Waals surface area contributed by atoms with Crippen LogP contribution in [0.25, 0.3) is 10.9 Å². The van der Waals surface area contributed by atoms with E-state index >= 15 is 0 Å². The molecule has 0 aliphatic rings. The van der Waals surface area contributed by atoms with Crippen LogP contribution in [-0.2, 0) is 6.42 Å². The van der Waals surface area contributed by atoms with Crippen LogP contribution in [0.5, 0.6) is 0 Å². The molecule has 2 N–H and O–H groups in total. The summed E-state index contributed by atoms with van der Waals surface area (Å²) in [6.07, 6.45) is 1.81. The number of nitrogens with zero attached hydrogens (tertiary/aromatic N) is 1. The molecular weight excluding hydrogens is 270 g/mol. The van der Waals surface area contributed by atoms with Crippen molar-refractivity contribution in [2.45, 2.75) is 12.5 Å². The highest BCUT2D eigenvalue weighted by molar-refractivity contribution is 5.82. The van der Waals surface area contributed by atoms with Crippen LogP contribution in [-0.4, -0.2) is 4.98 Å². The Morgan fingerprint density at radius 1 is 0.952 bits per heavy atom. The Bertz CT molecular complexity index is 761. The quantitative estimate of drug-likeness (QED) is 0.795. The van der Waals surface area contributed by atoms with Crippen molar-refractivity contribution in [2.24, 2.45) is 5.73 Å². The first-order valence-electron chi connectivity index (χ1n) is 6.69. The Morgan fingerprint density at radius 3 is 2.43 bits per heavy atom. The van der Waals surface area contributed by atoms with Gasteiger partial charge in [-0.1, -0.05) is 24.3 Å². The summed E-state index contributed by atoms with van der Waals surface area (Å²) in [5.41, 5.74) is 7.84. The van der Waals surface area contributed by atoms with E-state index in [1.165, 1.54) is 18.2 Å². The number of hydrogen-bond donors (Lipinski definition) is 1. The fraction of sp³-hybridized carbons (Fsp3) is 0.118. The lowest BCUT2D eigenvalue weighted by Crippen LogP contribution is -2.15. The van der Waals surface area contributed by atoms with Gasteiger partial charge in [0.2, 0.25) is 0 Å². The second-order valence-electron chi connectivity index (χ2n) is 4.93. The summed E-state index contributed by atoms with van der Waals surface area (Å²) >= 11 is 0. The fourth-order valence-electron chi connectivity index (χ4n) is 2.51. The normalized spacial score (nSPS) is 12.5. The molecule has 1 aromatic heterocycles. The van der Waals surface area contributed by atoms with Crippen LogP contribution in [0.3, 0.4) is 0 Å². The average Bonchev–Trinajstić information content (AvgIpc) is 2.50. The van der Waals surface area contributed by atoms with Crippen molar-refractivity contribution in [3.63, 3.8) is 0 Å². The van der Waals surface area contributed by atoms with Crippen molar-refractivity contribution in [1.29, 1.82) is 0 Å². The number of fused-ring (bicyclic) bond motifs is 1. The van der Waals surface area contributed by atoms with Crippen LogP contribution in [0.15, 0.2) is 54.7 Å². The largest absolute Gasteiger partial charge is 0.324 e. The van der Waals surface area contributed by atoms with Crippen molar-refractivity contribution >= 4 is 10.9 Å². The summed E-state index contributed by atoms with van der Waals surface area (Å²) in [6, 6.07) is 12.7. The predicted octanol–water partition coefficient (Wildman–Crippen LogP) is 3.76. The van der Waals surface area contributed by atoms with E-state index < -0.39 is 17.7 Å². The zero-order chi connectivity index (χ0) is 14.8. The predicted molar refractivity (Wildman–Crippen MR) is 78.7 cm³/mol. The van der Waals surface area contributed by atoms with Gasteiger partial charge in [-0.15, -0.1) is 0 Å². The van der Waals surface area contributed by atoms with Crippen molar-refractivity contribution in [3.05, 3.63) is 77.5 Å². The molecule has 4 heteroatoms. The highest BCUT2D eigenvalue weighted by atomic mass is 19.1. The first-order chi connectivity index (χ1) is 10.2. The maximum absolute atomic E-state index is 13.7. The van der Waals surface area contributed by atoms with Gasteiger partial charge >= 0.3 is 0 Å². The van der Waals surface area contributed by atoms with E-state index in [9.17, 15) is 8.78 Å². The molecule has 0 saturated heterocycles. The number of rotatable bonds is 3. The van der Waals surface area contributed by atoms with Gasteiger partial charge in [0.1, 0.15) is 11.6 Å². The van der Waals surface area contributed by atoms with Gasteiger partial charge in [0.25, 0.3) is 0 Å². The maximum Gasteiger partial charge on any atom is 0.129 e. The zero-order valence-corrected chi connectivity index (χ0v) is 11.3. The number of halogens is 2. The smallest absolute Gasteiger partial charge is 0.129 e. The van der Waals surface area contributed by atoms with E-state index in [1.54, 1.807) is 6.20 Å². The molecule has 2 nitrogen and oxygen atoms in total. The summed E-state index contributed by atoms with van der Waals surface area (Å²) in [4.78, 5) is 4.26. The topological polar surface area (TPSA) is 38.9 Å². The third-order valence-corrected chi connectivity index (χ3v) is 3.56. The van der Waals surface area contributed by atoms with E-state index in [0.717, 1.165) is 16.5 Å². The van der Waals surface area contributed by atoms with E-state index in [4.69, 9.17) is 5.73 Å². The molecule has 3 rings (SSSR count). The van der Waals surface area contributed by atoms with E-state index in [-0.39, 0.29) is 12.0 Å². The van der Waals surface area contributed by atoms with Crippen LogP contribution < -0.4 is 5.73 Å². The molecule has 21 heavy (non-hydrogen) atoms. The van der Waals surface area contributed by atoms with Crippen molar-refractivity contribution < 1.29 is 8.78 Å². The Hall–Kier alpha value is -2.33. The van der Waals surface area contributed by atoms with Crippen molar-refractivity contribution in [3.8, 4) is 0 Å². The summed E-state index contributed by atoms with van der Waals surface area (Å²) in [5.74, 6) is -1.13. The van der Waals surface area contributed by atoms with E-state index in [0.29, 0.717) is 0 Å². The Balaban J connectivity index is 2.00. The van der Waals surface area contributed by atoms with Crippen LogP contribution in [0.2, 0.25) is 0 Å². The molecule has 1 unspecified atom stereocenters. The molecule has 0 amide bonds. The monoisotopic (exact) mass is 284 g/mol. The molecule has 0 fully saturated rings. The van der Waals surface area contributed by atoms with Gasteiger partial charge in [-0.3, -0.25) is 4.98 Å². The molecule has 0 bridgehead atoms. The first kappa shape index (κ1) is 13.6. The SMILES string of the molecule is NC(Cc1c(F)cccc1F)c1cccc2ncccc12. The van der Waals surface area contributed by atoms with Crippen LogP contribution in [0, 0.1) is 11.6 Å². The lowest BCUT2D eigenvalue weighted by Gasteiger charge is -2.15. The number of benzene rings is 2. The second-order valence-corrected chi connectivity index (χ2v) is 4.93. The maximum atomic E-state index is 13.7. The first-order valence-corrected chi connectivity index (χ1v) is 6.69.